The summed E-state index contributed by atoms with van der Waals surface area (Å²) in [4.78, 5) is 0. The van der Waals surface area contributed by atoms with Crippen molar-refractivity contribution < 1.29 is 9.13 Å². The van der Waals surface area contributed by atoms with E-state index in [1.54, 1.807) is 12.1 Å². The van der Waals surface area contributed by atoms with Crippen molar-refractivity contribution in [2.45, 2.75) is 18.7 Å². The van der Waals surface area contributed by atoms with E-state index in [4.69, 9.17) is 16.3 Å². The van der Waals surface area contributed by atoms with Crippen LogP contribution in [-0.2, 0) is 6.42 Å². The highest BCUT2D eigenvalue weighted by Gasteiger charge is 2.15. The van der Waals surface area contributed by atoms with Gasteiger partial charge in [0.1, 0.15) is 11.6 Å². The van der Waals surface area contributed by atoms with Crippen LogP contribution in [0.25, 0.3) is 0 Å². The molecule has 1 unspecified atom stereocenters. The number of benzene rings is 2. The van der Waals surface area contributed by atoms with Crippen molar-refractivity contribution in [3.05, 3.63) is 63.9 Å². The predicted molar refractivity (Wildman–Crippen MR) is 84.0 cm³/mol. The zero-order valence-electron chi connectivity index (χ0n) is 11.1. The molecule has 0 aliphatic rings. The standard InChI is InChI=1S/C16H15BrClFO/c1-2-20-16-8-5-12(17)10-14(16)15(18)9-11-3-6-13(19)7-4-11/h3-8,10,15H,2,9H2,1H3. The third-order valence-electron chi connectivity index (χ3n) is 2.94. The topological polar surface area (TPSA) is 9.23 Å². The second-order valence-electron chi connectivity index (χ2n) is 4.41. The maximum atomic E-state index is 12.9. The van der Waals surface area contributed by atoms with Gasteiger partial charge in [-0.25, -0.2) is 4.39 Å². The first-order valence-electron chi connectivity index (χ1n) is 6.41. The van der Waals surface area contributed by atoms with Gasteiger partial charge in [-0.1, -0.05) is 28.1 Å². The molecule has 106 valence electrons. The number of hydrogen-bond donors (Lipinski definition) is 0. The highest BCUT2D eigenvalue weighted by molar-refractivity contribution is 9.10. The van der Waals surface area contributed by atoms with Gasteiger partial charge in [-0.3, -0.25) is 0 Å². The van der Waals surface area contributed by atoms with Crippen LogP contribution >= 0.6 is 27.5 Å². The van der Waals surface area contributed by atoms with Crippen molar-refractivity contribution in [2.75, 3.05) is 6.61 Å². The first-order valence-corrected chi connectivity index (χ1v) is 7.64. The minimum absolute atomic E-state index is 0.223. The molecule has 2 aromatic rings. The predicted octanol–water partition coefficient (Wildman–Crippen LogP) is 5.51. The van der Waals surface area contributed by atoms with E-state index in [0.29, 0.717) is 13.0 Å². The van der Waals surface area contributed by atoms with Gasteiger partial charge in [-0.05, 0) is 49.2 Å². The fourth-order valence-corrected chi connectivity index (χ4v) is 2.72. The smallest absolute Gasteiger partial charge is 0.124 e. The van der Waals surface area contributed by atoms with Crippen LogP contribution in [0, 0.1) is 5.82 Å². The molecule has 0 aromatic heterocycles. The Labute approximate surface area is 131 Å². The van der Waals surface area contributed by atoms with Crippen molar-refractivity contribution in [2.24, 2.45) is 0 Å². The Balaban J connectivity index is 2.21. The second kappa shape index (κ2) is 7.09. The molecule has 0 saturated carbocycles. The monoisotopic (exact) mass is 356 g/mol. The summed E-state index contributed by atoms with van der Waals surface area (Å²) < 4.78 is 19.5. The Hall–Kier alpha value is -1.06. The second-order valence-corrected chi connectivity index (χ2v) is 5.86. The van der Waals surface area contributed by atoms with E-state index in [1.165, 1.54) is 12.1 Å². The Morgan fingerprint density at radius 3 is 2.55 bits per heavy atom. The first-order chi connectivity index (χ1) is 9.60. The van der Waals surface area contributed by atoms with E-state index >= 15 is 0 Å². The summed E-state index contributed by atoms with van der Waals surface area (Å²) in [7, 11) is 0. The van der Waals surface area contributed by atoms with E-state index in [9.17, 15) is 4.39 Å². The molecule has 2 rings (SSSR count). The number of rotatable bonds is 5. The van der Waals surface area contributed by atoms with Gasteiger partial charge in [0.05, 0.1) is 12.0 Å². The normalized spacial score (nSPS) is 12.2. The average molecular weight is 358 g/mol. The van der Waals surface area contributed by atoms with E-state index in [2.05, 4.69) is 15.9 Å². The van der Waals surface area contributed by atoms with Crippen molar-refractivity contribution in [1.82, 2.24) is 0 Å². The number of halogens is 3. The lowest BCUT2D eigenvalue weighted by atomic mass is 10.0. The van der Waals surface area contributed by atoms with Crippen molar-refractivity contribution in [3.8, 4) is 5.75 Å². The highest BCUT2D eigenvalue weighted by atomic mass is 79.9. The van der Waals surface area contributed by atoms with Gasteiger partial charge in [0.25, 0.3) is 0 Å². The summed E-state index contributed by atoms with van der Waals surface area (Å²) >= 11 is 9.95. The molecule has 0 N–H and O–H groups in total. The minimum Gasteiger partial charge on any atom is -0.494 e. The van der Waals surface area contributed by atoms with Gasteiger partial charge in [0.15, 0.2) is 0 Å². The fourth-order valence-electron chi connectivity index (χ4n) is 1.99. The lowest BCUT2D eigenvalue weighted by molar-refractivity contribution is 0.336. The molecule has 0 bridgehead atoms. The molecule has 0 heterocycles. The summed E-state index contributed by atoms with van der Waals surface area (Å²) in [6, 6.07) is 12.2. The summed E-state index contributed by atoms with van der Waals surface area (Å²) in [5.41, 5.74) is 1.93. The van der Waals surface area contributed by atoms with E-state index < -0.39 is 0 Å². The number of hydrogen-bond acceptors (Lipinski definition) is 1. The largest absolute Gasteiger partial charge is 0.494 e. The summed E-state index contributed by atoms with van der Waals surface area (Å²) in [6.45, 7) is 2.53. The molecule has 0 saturated heterocycles. The van der Waals surface area contributed by atoms with Crippen LogP contribution in [0.3, 0.4) is 0 Å². The van der Waals surface area contributed by atoms with Gasteiger partial charge in [-0.2, -0.15) is 0 Å². The molecule has 2 aromatic carbocycles. The lowest BCUT2D eigenvalue weighted by Crippen LogP contribution is -2.01. The molecule has 0 spiro atoms. The number of ether oxygens (including phenoxy) is 1. The zero-order valence-corrected chi connectivity index (χ0v) is 13.4. The average Bonchev–Trinajstić information content (AvgIpc) is 2.43. The molecular weight excluding hydrogens is 343 g/mol. The van der Waals surface area contributed by atoms with E-state index in [1.807, 2.05) is 25.1 Å². The summed E-state index contributed by atoms with van der Waals surface area (Å²) in [6.07, 6.45) is 0.623. The Kier molecular flexibility index (Phi) is 5.44. The highest BCUT2D eigenvalue weighted by Crippen LogP contribution is 2.34. The van der Waals surface area contributed by atoms with Crippen LogP contribution in [0.2, 0.25) is 0 Å². The van der Waals surface area contributed by atoms with Crippen LogP contribution in [0.4, 0.5) is 4.39 Å². The molecule has 0 amide bonds. The van der Waals surface area contributed by atoms with Crippen LogP contribution < -0.4 is 4.74 Å². The molecular formula is C16H15BrClFO. The van der Waals surface area contributed by atoms with Gasteiger partial charge in [0, 0.05) is 10.0 Å². The molecule has 0 radical (unpaired) electrons. The quantitative estimate of drug-likeness (QED) is 0.641. The first kappa shape index (κ1) is 15.3. The van der Waals surface area contributed by atoms with E-state index in [0.717, 1.165) is 21.3 Å². The fraction of sp³-hybridized carbons (Fsp3) is 0.250. The zero-order chi connectivity index (χ0) is 14.5. The van der Waals surface area contributed by atoms with Crippen LogP contribution in [0.15, 0.2) is 46.9 Å². The SMILES string of the molecule is CCOc1ccc(Br)cc1C(Cl)Cc1ccc(F)cc1. The molecule has 0 aliphatic heterocycles. The molecule has 1 atom stereocenters. The van der Waals surface area contributed by atoms with Gasteiger partial charge in [0.2, 0.25) is 0 Å². The molecule has 0 fully saturated rings. The summed E-state index contributed by atoms with van der Waals surface area (Å²) in [5.74, 6) is 0.551. The molecule has 0 aliphatic carbocycles. The van der Waals surface area contributed by atoms with Crippen LogP contribution in [0.5, 0.6) is 5.75 Å². The molecule has 4 heteroatoms. The van der Waals surface area contributed by atoms with Crippen LogP contribution in [0.1, 0.15) is 23.4 Å². The Morgan fingerprint density at radius 2 is 1.90 bits per heavy atom. The third-order valence-corrected chi connectivity index (χ3v) is 3.82. The summed E-state index contributed by atoms with van der Waals surface area (Å²) in [5, 5.41) is -0.223. The van der Waals surface area contributed by atoms with Crippen molar-refractivity contribution in [1.29, 1.82) is 0 Å². The van der Waals surface area contributed by atoms with Gasteiger partial charge >= 0.3 is 0 Å². The Bertz CT molecular complexity index is 571. The van der Waals surface area contributed by atoms with Crippen molar-refractivity contribution in [3.63, 3.8) is 0 Å². The molecule has 20 heavy (non-hydrogen) atoms. The van der Waals surface area contributed by atoms with Crippen molar-refractivity contribution >= 4 is 27.5 Å². The molecule has 1 nitrogen and oxygen atoms in total. The Morgan fingerprint density at radius 1 is 1.20 bits per heavy atom. The minimum atomic E-state index is -0.239. The van der Waals surface area contributed by atoms with Gasteiger partial charge in [-0.15, -0.1) is 11.6 Å². The van der Waals surface area contributed by atoms with E-state index in [-0.39, 0.29) is 11.2 Å². The third kappa shape index (κ3) is 3.97. The van der Waals surface area contributed by atoms with Crippen LogP contribution in [-0.4, -0.2) is 6.61 Å². The maximum absolute atomic E-state index is 12.9. The maximum Gasteiger partial charge on any atom is 0.124 e. The lowest BCUT2D eigenvalue weighted by Gasteiger charge is -2.15. The van der Waals surface area contributed by atoms with Gasteiger partial charge < -0.3 is 4.74 Å². The number of alkyl halides is 1.